The van der Waals surface area contributed by atoms with E-state index in [1.54, 1.807) is 16.8 Å². The fourth-order valence-corrected chi connectivity index (χ4v) is 3.64. The maximum atomic E-state index is 11.4. The first-order chi connectivity index (χ1) is 13.4. The third-order valence-electron chi connectivity index (χ3n) is 5.75. The minimum atomic E-state index is -0.0620. The van der Waals surface area contributed by atoms with Crippen molar-refractivity contribution >= 4 is 11.8 Å². The van der Waals surface area contributed by atoms with E-state index in [1.807, 2.05) is 19.2 Å². The Labute approximate surface area is 217 Å². The van der Waals surface area contributed by atoms with Crippen molar-refractivity contribution in [3.63, 3.8) is 0 Å². The molecule has 0 spiro atoms. The summed E-state index contributed by atoms with van der Waals surface area (Å²) in [5, 5.41) is 24.3. The van der Waals surface area contributed by atoms with Gasteiger partial charge in [-0.15, -0.1) is 6.04 Å². The third-order valence-corrected chi connectivity index (χ3v) is 5.75. The van der Waals surface area contributed by atoms with Crippen LogP contribution in [0.2, 0.25) is 0 Å². The molecule has 2 rings (SSSR count). The molecule has 8 nitrogen and oxygen atoms in total. The number of carbonyl (C=O) groups excluding carboxylic acids is 2. The van der Waals surface area contributed by atoms with E-state index in [9.17, 15) is 9.59 Å². The van der Waals surface area contributed by atoms with E-state index in [4.69, 9.17) is 10.5 Å². The molecular formula is C21H36N6O2W2-2. The second kappa shape index (κ2) is 18.8. The van der Waals surface area contributed by atoms with Crippen LogP contribution in [0, 0.1) is 41.9 Å². The fraction of sp³-hybridized carbons (Fsp3) is 0.762. The summed E-state index contributed by atoms with van der Waals surface area (Å²) in [7, 11) is 3.71. The number of piperidine rings is 2. The number of carbonyl (C=O) groups is 2. The molecule has 2 amide bonds. The second-order valence-electron chi connectivity index (χ2n) is 7.60. The summed E-state index contributed by atoms with van der Waals surface area (Å²) in [5.74, 6) is 1.05. The Kier molecular flexibility index (Phi) is 21.1. The zero-order valence-corrected chi connectivity index (χ0v) is 25.2. The molecular weight excluding hydrogens is 736 g/mol. The van der Waals surface area contributed by atoms with Gasteiger partial charge in [0.1, 0.15) is 12.8 Å². The minimum absolute atomic E-state index is 0. The van der Waals surface area contributed by atoms with Gasteiger partial charge in [0, 0.05) is 74.4 Å². The van der Waals surface area contributed by atoms with Crippen molar-refractivity contribution in [2.24, 2.45) is 11.8 Å². The predicted molar refractivity (Wildman–Crippen MR) is 114 cm³/mol. The van der Waals surface area contributed by atoms with Crippen molar-refractivity contribution < 1.29 is 51.7 Å². The van der Waals surface area contributed by atoms with Gasteiger partial charge in [-0.3, -0.25) is 9.59 Å². The Morgan fingerprint density at radius 2 is 1.42 bits per heavy atom. The Morgan fingerprint density at radius 1 is 0.968 bits per heavy atom. The second-order valence-corrected chi connectivity index (χ2v) is 7.60. The quantitative estimate of drug-likeness (QED) is 0.440. The average Bonchev–Trinajstić information content (AvgIpc) is 2.69. The van der Waals surface area contributed by atoms with Crippen LogP contribution in [0.4, 0.5) is 0 Å². The van der Waals surface area contributed by atoms with E-state index >= 15 is 0 Å². The van der Waals surface area contributed by atoms with E-state index in [1.165, 1.54) is 0 Å². The number of likely N-dealkylation sites (N-methyl/N-ethyl adjacent to an activating group) is 2. The summed E-state index contributed by atoms with van der Waals surface area (Å²) in [6, 6.07) is 4.39. The number of rotatable bonds is 4. The van der Waals surface area contributed by atoms with Crippen molar-refractivity contribution in [2.75, 3.05) is 40.3 Å². The molecule has 0 aromatic rings. The zero-order valence-electron chi connectivity index (χ0n) is 19.3. The molecule has 0 saturated carbocycles. The summed E-state index contributed by atoms with van der Waals surface area (Å²) in [4.78, 5) is 26.4. The van der Waals surface area contributed by atoms with Gasteiger partial charge >= 0.3 is 0 Å². The smallest absolute Gasteiger partial charge is 0.236 e. The molecule has 0 aromatic carbocycles. The topological polar surface area (TPSA) is 114 Å². The number of likely N-dealkylation sites (tertiary alicyclic amines) is 2. The van der Waals surface area contributed by atoms with Gasteiger partial charge in [0.15, 0.2) is 0 Å². The molecule has 0 unspecified atom stereocenters. The minimum Gasteiger partial charge on any atom is -0.661 e. The molecule has 0 bridgehead atoms. The van der Waals surface area contributed by atoms with E-state index in [2.05, 4.69) is 24.5 Å². The SMILES string of the molecule is CN[C@H]1CN(C(=O)CC#N)CC[C@H]1C.C[N-][C@H]1CN(C(=O)CC#N)CC[C@H]1C.[CH3-].[W].[W]. The number of hydrogen-bond acceptors (Lipinski definition) is 5. The van der Waals surface area contributed by atoms with Gasteiger partial charge in [0.2, 0.25) is 11.8 Å². The van der Waals surface area contributed by atoms with Gasteiger partial charge in [0.25, 0.3) is 0 Å². The molecule has 0 aromatic heterocycles. The van der Waals surface area contributed by atoms with Crippen LogP contribution < -0.4 is 5.32 Å². The van der Waals surface area contributed by atoms with Crippen molar-refractivity contribution in [3.05, 3.63) is 12.7 Å². The van der Waals surface area contributed by atoms with E-state index < -0.39 is 0 Å². The largest absolute Gasteiger partial charge is 0.661 e. The molecule has 0 radical (unpaired) electrons. The fourth-order valence-electron chi connectivity index (χ4n) is 3.64. The first-order valence-corrected chi connectivity index (χ1v) is 9.93. The van der Waals surface area contributed by atoms with Gasteiger partial charge in [-0.05, 0) is 25.8 Å². The van der Waals surface area contributed by atoms with E-state index in [0.29, 0.717) is 24.4 Å². The maximum absolute atomic E-state index is 11.4. The Balaban J connectivity index is -0.000000461. The van der Waals surface area contributed by atoms with Gasteiger partial charge in [-0.2, -0.15) is 17.6 Å². The molecule has 0 aliphatic carbocycles. The van der Waals surface area contributed by atoms with Crippen molar-refractivity contribution in [1.29, 1.82) is 10.5 Å². The maximum Gasteiger partial charge on any atom is 0.236 e. The Hall–Kier alpha value is -0.783. The zero-order chi connectivity index (χ0) is 21.1. The number of nitriles is 2. The summed E-state index contributed by atoms with van der Waals surface area (Å²) in [6.07, 6.45) is 2.00. The molecule has 2 aliphatic heterocycles. The number of hydrogen-bond donors (Lipinski definition) is 1. The third kappa shape index (κ3) is 11.6. The monoisotopic (exact) mass is 772 g/mol. The van der Waals surface area contributed by atoms with Crippen LogP contribution in [0.5, 0.6) is 0 Å². The molecule has 2 fully saturated rings. The standard InChI is InChI=1S/C10H17N3O.C10H16N3O.CH3.2W/c2*1-8-4-6-13(7-9(8)12-2)10(14)3-5-11;;;/h8-9,12H,3-4,6-7H2,1-2H3;8-9H,3-4,6-7H2,1-2H3;1H3;;/q;2*-1;;/t2*8-,9+;;;/m11.../s1. The van der Waals surface area contributed by atoms with Gasteiger partial charge in [-0.1, -0.05) is 19.8 Å². The first-order valence-electron chi connectivity index (χ1n) is 9.93. The normalized spacial score (nSPS) is 24.5. The number of amides is 2. The van der Waals surface area contributed by atoms with E-state index in [0.717, 1.165) is 32.5 Å². The summed E-state index contributed by atoms with van der Waals surface area (Å²) in [5.41, 5.74) is 0. The molecule has 2 saturated heterocycles. The molecule has 176 valence electrons. The molecule has 4 atom stereocenters. The summed E-state index contributed by atoms with van der Waals surface area (Å²) >= 11 is 0. The van der Waals surface area contributed by atoms with Crippen molar-refractivity contribution in [1.82, 2.24) is 15.1 Å². The van der Waals surface area contributed by atoms with Crippen LogP contribution in [0.3, 0.4) is 0 Å². The molecule has 2 heterocycles. The average molecular weight is 772 g/mol. The molecule has 31 heavy (non-hydrogen) atoms. The van der Waals surface area contributed by atoms with Crippen LogP contribution in [0.25, 0.3) is 5.32 Å². The predicted octanol–water partition coefficient (Wildman–Crippen LogP) is 1.94. The van der Waals surface area contributed by atoms with E-state index in [-0.39, 0.29) is 80.3 Å². The molecule has 1 N–H and O–H groups in total. The van der Waals surface area contributed by atoms with Gasteiger partial charge in [0.05, 0.1) is 12.1 Å². The number of nitrogens with zero attached hydrogens (tertiary/aromatic N) is 5. The van der Waals surface area contributed by atoms with Crippen LogP contribution in [0.15, 0.2) is 0 Å². The van der Waals surface area contributed by atoms with Crippen molar-refractivity contribution in [2.45, 2.75) is 51.6 Å². The van der Waals surface area contributed by atoms with Crippen LogP contribution in [-0.4, -0.2) is 74.0 Å². The Bertz CT molecular complexity index is 556. The molecule has 2 aliphatic rings. The van der Waals surface area contributed by atoms with Crippen LogP contribution >= 0.6 is 0 Å². The van der Waals surface area contributed by atoms with Crippen LogP contribution in [-0.2, 0) is 51.7 Å². The summed E-state index contributed by atoms with van der Waals surface area (Å²) < 4.78 is 0. The van der Waals surface area contributed by atoms with Gasteiger partial charge in [-0.25, -0.2) is 0 Å². The summed E-state index contributed by atoms with van der Waals surface area (Å²) in [6.45, 7) is 7.32. The van der Waals surface area contributed by atoms with Crippen LogP contribution in [0.1, 0.15) is 39.5 Å². The Morgan fingerprint density at radius 3 is 1.84 bits per heavy atom. The first kappa shape index (κ1) is 34.8. The van der Waals surface area contributed by atoms with Gasteiger partial charge < -0.3 is 27.9 Å². The molecule has 10 heteroatoms. The van der Waals surface area contributed by atoms with Crippen molar-refractivity contribution in [3.8, 4) is 12.1 Å². The number of nitrogens with one attached hydrogen (secondary N) is 1.